The average Bonchev–Trinajstić information content (AvgIpc) is 2.46. The van der Waals surface area contributed by atoms with E-state index in [9.17, 15) is 13.2 Å². The number of carbonyl (C=O) groups excluding carboxylic acids is 1. The summed E-state index contributed by atoms with van der Waals surface area (Å²) in [5, 5.41) is 0. The van der Waals surface area contributed by atoms with Crippen molar-refractivity contribution in [1.82, 2.24) is 13.5 Å². The topological polar surface area (TPSA) is 60.9 Å². The average molecular weight is 309 g/mol. The van der Waals surface area contributed by atoms with Gasteiger partial charge in [-0.05, 0) is 17.5 Å². The number of amides is 1. The number of carbonyl (C=O) groups is 1. The number of benzene rings is 1. The quantitative estimate of drug-likeness (QED) is 0.786. The Labute approximate surface area is 125 Å². The van der Waals surface area contributed by atoms with Gasteiger partial charge in [0.25, 0.3) is 10.2 Å². The molecular weight excluding hydrogens is 290 g/mol. The van der Waals surface area contributed by atoms with Crippen LogP contribution in [0.4, 0.5) is 0 Å². The summed E-state index contributed by atoms with van der Waals surface area (Å²) in [5.41, 5.74) is 2.27. The number of rotatable bonds is 2. The van der Waals surface area contributed by atoms with Crippen molar-refractivity contribution < 1.29 is 13.2 Å². The summed E-state index contributed by atoms with van der Waals surface area (Å²) in [6, 6.07) is 7.78. The molecule has 3 rings (SSSR count). The Morgan fingerprint density at radius 2 is 1.95 bits per heavy atom. The van der Waals surface area contributed by atoms with Gasteiger partial charge in [0.15, 0.2) is 0 Å². The molecule has 1 aromatic rings. The van der Waals surface area contributed by atoms with E-state index in [1.165, 1.54) is 24.0 Å². The molecule has 0 unspecified atom stereocenters. The largest absolute Gasteiger partial charge is 0.333 e. The zero-order valence-electron chi connectivity index (χ0n) is 12.2. The van der Waals surface area contributed by atoms with Crippen LogP contribution in [0.15, 0.2) is 24.3 Å². The highest BCUT2D eigenvalue weighted by Crippen LogP contribution is 2.33. The zero-order chi connectivity index (χ0) is 15.2. The highest BCUT2D eigenvalue weighted by atomic mass is 32.2. The molecule has 1 fully saturated rings. The number of hydrogen-bond donors (Lipinski definition) is 0. The molecule has 0 aliphatic carbocycles. The maximum Gasteiger partial charge on any atom is 0.282 e. The number of nitrogens with zero attached hydrogens (tertiary/aromatic N) is 3. The maximum absolute atomic E-state index is 12.3. The molecule has 1 aromatic carbocycles. The highest BCUT2D eigenvalue weighted by molar-refractivity contribution is 7.86. The highest BCUT2D eigenvalue weighted by Gasteiger charge is 2.41. The minimum atomic E-state index is -3.57. The summed E-state index contributed by atoms with van der Waals surface area (Å²) >= 11 is 0. The van der Waals surface area contributed by atoms with Crippen LogP contribution in [-0.2, 0) is 21.4 Å². The van der Waals surface area contributed by atoms with Gasteiger partial charge in [0.1, 0.15) is 0 Å². The fourth-order valence-corrected chi connectivity index (χ4v) is 4.12. The Balaban J connectivity index is 1.97. The molecule has 0 radical (unpaired) electrons. The van der Waals surface area contributed by atoms with E-state index in [4.69, 9.17) is 0 Å². The summed E-state index contributed by atoms with van der Waals surface area (Å²) in [6.45, 7) is 0.915. The first kappa shape index (κ1) is 14.5. The second-order valence-corrected chi connectivity index (χ2v) is 7.78. The van der Waals surface area contributed by atoms with Gasteiger partial charge in [0.2, 0.25) is 5.91 Å². The molecule has 0 saturated carbocycles. The molecule has 1 amide bonds. The number of piperazine rings is 1. The summed E-state index contributed by atoms with van der Waals surface area (Å²) in [7, 11) is -0.593. The van der Waals surface area contributed by atoms with Crippen LogP contribution in [-0.4, -0.2) is 61.6 Å². The van der Waals surface area contributed by atoms with Gasteiger partial charge in [-0.25, -0.2) is 0 Å². The van der Waals surface area contributed by atoms with Crippen molar-refractivity contribution in [3.05, 3.63) is 35.4 Å². The van der Waals surface area contributed by atoms with Crippen LogP contribution in [0.1, 0.15) is 17.2 Å². The van der Waals surface area contributed by atoms with E-state index in [1.807, 2.05) is 23.1 Å². The van der Waals surface area contributed by atoms with Crippen molar-refractivity contribution in [2.24, 2.45) is 0 Å². The molecule has 7 heteroatoms. The van der Waals surface area contributed by atoms with E-state index in [0.717, 1.165) is 16.3 Å². The lowest BCUT2D eigenvalue weighted by atomic mass is 9.91. The van der Waals surface area contributed by atoms with Gasteiger partial charge in [-0.15, -0.1) is 0 Å². The van der Waals surface area contributed by atoms with E-state index in [-0.39, 0.29) is 18.5 Å². The summed E-state index contributed by atoms with van der Waals surface area (Å²) in [4.78, 5) is 14.1. The van der Waals surface area contributed by atoms with E-state index in [0.29, 0.717) is 13.1 Å². The van der Waals surface area contributed by atoms with Crippen molar-refractivity contribution in [1.29, 1.82) is 0 Å². The second-order valence-electron chi connectivity index (χ2n) is 5.63. The van der Waals surface area contributed by atoms with Crippen molar-refractivity contribution in [2.45, 2.75) is 12.5 Å². The molecule has 21 heavy (non-hydrogen) atoms. The van der Waals surface area contributed by atoms with E-state index >= 15 is 0 Å². The Morgan fingerprint density at radius 1 is 1.24 bits per heavy atom. The van der Waals surface area contributed by atoms with Gasteiger partial charge in [-0.3, -0.25) is 4.79 Å². The molecule has 2 aliphatic heterocycles. The molecule has 0 bridgehead atoms. The Kier molecular flexibility index (Phi) is 3.51. The van der Waals surface area contributed by atoms with Crippen LogP contribution in [0.5, 0.6) is 0 Å². The molecule has 2 heterocycles. The Hall–Kier alpha value is -1.44. The second kappa shape index (κ2) is 5.08. The van der Waals surface area contributed by atoms with E-state index in [2.05, 4.69) is 6.07 Å². The predicted octanol–water partition coefficient (Wildman–Crippen LogP) is 0.234. The number of hydrogen-bond acceptors (Lipinski definition) is 3. The van der Waals surface area contributed by atoms with Crippen LogP contribution in [0.3, 0.4) is 0 Å². The summed E-state index contributed by atoms with van der Waals surface area (Å²) in [5.74, 6) is -0.119. The molecule has 114 valence electrons. The van der Waals surface area contributed by atoms with E-state index in [1.54, 1.807) is 0 Å². The summed E-state index contributed by atoms with van der Waals surface area (Å²) in [6.07, 6.45) is 0.832. The van der Waals surface area contributed by atoms with Crippen molar-refractivity contribution in [2.75, 3.05) is 33.7 Å². The third-order valence-electron chi connectivity index (χ3n) is 4.21. The van der Waals surface area contributed by atoms with Gasteiger partial charge in [-0.2, -0.15) is 17.0 Å². The predicted molar refractivity (Wildman–Crippen MR) is 78.8 cm³/mol. The third-order valence-corrected chi connectivity index (χ3v) is 6.06. The van der Waals surface area contributed by atoms with Crippen LogP contribution in [0.2, 0.25) is 0 Å². The molecule has 0 N–H and O–H groups in total. The van der Waals surface area contributed by atoms with Crippen molar-refractivity contribution in [3.63, 3.8) is 0 Å². The fourth-order valence-electron chi connectivity index (χ4n) is 3.05. The fraction of sp³-hybridized carbons (Fsp3) is 0.500. The van der Waals surface area contributed by atoms with Gasteiger partial charge < -0.3 is 4.90 Å². The number of fused-ring (bicyclic) bond motifs is 3. The van der Waals surface area contributed by atoms with Crippen LogP contribution < -0.4 is 0 Å². The standard InChI is InChI=1S/C14H19N3O3S/c1-15(2)21(19,20)16-9-13-12-6-4-3-5-11(12)7-8-17(13)14(18)10-16/h3-6,13H,7-10H2,1-2H3/t13-/m0/s1. The van der Waals surface area contributed by atoms with Gasteiger partial charge >= 0.3 is 0 Å². The molecule has 0 aromatic heterocycles. The first-order valence-electron chi connectivity index (χ1n) is 6.96. The molecule has 1 atom stereocenters. The maximum atomic E-state index is 12.3. The molecule has 6 nitrogen and oxygen atoms in total. The normalized spacial score (nSPS) is 23.1. The first-order chi connectivity index (χ1) is 9.91. The van der Waals surface area contributed by atoms with Crippen LogP contribution >= 0.6 is 0 Å². The van der Waals surface area contributed by atoms with Crippen LogP contribution in [0.25, 0.3) is 0 Å². The minimum Gasteiger partial charge on any atom is -0.333 e. The molecule has 0 spiro atoms. The lowest BCUT2D eigenvalue weighted by molar-refractivity contribution is -0.138. The van der Waals surface area contributed by atoms with Gasteiger partial charge in [0, 0.05) is 27.2 Å². The van der Waals surface area contributed by atoms with Crippen molar-refractivity contribution in [3.8, 4) is 0 Å². The molecule has 2 aliphatic rings. The first-order valence-corrected chi connectivity index (χ1v) is 8.36. The Morgan fingerprint density at radius 3 is 2.67 bits per heavy atom. The molecule has 1 saturated heterocycles. The lowest BCUT2D eigenvalue weighted by Crippen LogP contribution is -2.57. The summed E-state index contributed by atoms with van der Waals surface area (Å²) < 4.78 is 27.0. The Bertz CT molecular complexity index is 672. The SMILES string of the molecule is CN(C)S(=O)(=O)N1CC(=O)N2CCc3ccccc3[C@@H]2C1. The van der Waals surface area contributed by atoms with Gasteiger partial charge in [0.05, 0.1) is 12.6 Å². The minimum absolute atomic E-state index is 0.0703. The monoisotopic (exact) mass is 309 g/mol. The lowest BCUT2D eigenvalue weighted by Gasteiger charge is -2.44. The van der Waals surface area contributed by atoms with Gasteiger partial charge in [-0.1, -0.05) is 24.3 Å². The third kappa shape index (κ3) is 2.35. The molecular formula is C14H19N3O3S. The van der Waals surface area contributed by atoms with Crippen molar-refractivity contribution >= 4 is 16.1 Å². The smallest absolute Gasteiger partial charge is 0.282 e. The zero-order valence-corrected chi connectivity index (χ0v) is 13.0. The van der Waals surface area contributed by atoms with E-state index < -0.39 is 10.2 Å². The van der Waals surface area contributed by atoms with Crippen LogP contribution in [0, 0.1) is 0 Å².